The Kier molecular flexibility index (Phi) is 4.93. The van der Waals surface area contributed by atoms with Gasteiger partial charge in [-0.15, -0.1) is 0 Å². The van der Waals surface area contributed by atoms with Crippen LogP contribution in [0.3, 0.4) is 0 Å². The number of halogens is 1. The van der Waals surface area contributed by atoms with Crippen LogP contribution >= 0.6 is 0 Å². The van der Waals surface area contributed by atoms with Crippen molar-refractivity contribution >= 4 is 11.8 Å². The van der Waals surface area contributed by atoms with Crippen molar-refractivity contribution in [2.24, 2.45) is 5.92 Å². The monoisotopic (exact) mass is 280 g/mol. The topological polar surface area (TPSA) is 53.4 Å². The molecule has 1 N–H and O–H groups in total. The number of anilines is 1. The number of aromatic nitrogens is 1. The third-order valence-electron chi connectivity index (χ3n) is 3.91. The van der Waals surface area contributed by atoms with E-state index in [1.54, 1.807) is 0 Å². The summed E-state index contributed by atoms with van der Waals surface area (Å²) in [6.07, 6.45) is 6.75. The van der Waals surface area contributed by atoms with Crippen molar-refractivity contribution in [3.63, 3.8) is 0 Å². The molecule has 1 saturated heterocycles. The molecule has 20 heavy (non-hydrogen) atoms. The minimum atomic E-state index is -1.12. The van der Waals surface area contributed by atoms with E-state index in [-0.39, 0.29) is 5.56 Å². The van der Waals surface area contributed by atoms with Crippen molar-refractivity contribution in [3.8, 4) is 0 Å². The summed E-state index contributed by atoms with van der Waals surface area (Å²) >= 11 is 0. The molecule has 2 heterocycles. The van der Waals surface area contributed by atoms with Gasteiger partial charge in [-0.05, 0) is 31.2 Å². The summed E-state index contributed by atoms with van der Waals surface area (Å²) in [6.45, 7) is 3.77. The maximum atomic E-state index is 13.2. The first kappa shape index (κ1) is 14.8. The molecule has 4 nitrogen and oxygen atoms in total. The van der Waals surface area contributed by atoms with Crippen molar-refractivity contribution in [3.05, 3.63) is 23.6 Å². The van der Waals surface area contributed by atoms with Gasteiger partial charge in [-0.3, -0.25) is 0 Å². The fourth-order valence-corrected chi connectivity index (χ4v) is 2.92. The lowest BCUT2D eigenvalue weighted by atomic mass is 9.96. The highest BCUT2D eigenvalue weighted by Gasteiger charge is 2.22. The average molecular weight is 280 g/mol. The summed E-state index contributed by atoms with van der Waals surface area (Å²) in [5, 5.41) is 9.19. The Morgan fingerprint density at radius 2 is 2.30 bits per heavy atom. The second-order valence-electron chi connectivity index (χ2n) is 5.40. The molecular weight excluding hydrogens is 259 g/mol. The van der Waals surface area contributed by atoms with E-state index in [9.17, 15) is 14.3 Å². The van der Waals surface area contributed by atoms with Crippen LogP contribution in [0.4, 0.5) is 10.2 Å². The fraction of sp³-hybridized carbons (Fsp3) is 0.600. The van der Waals surface area contributed by atoms with Gasteiger partial charge in [-0.25, -0.2) is 14.2 Å². The molecule has 0 aromatic carbocycles. The number of pyridine rings is 1. The third kappa shape index (κ3) is 3.46. The van der Waals surface area contributed by atoms with E-state index < -0.39 is 11.8 Å². The Balaban J connectivity index is 2.17. The Morgan fingerprint density at radius 1 is 1.50 bits per heavy atom. The highest BCUT2D eigenvalue weighted by Crippen LogP contribution is 2.26. The summed E-state index contributed by atoms with van der Waals surface area (Å²) in [4.78, 5) is 17.2. The first-order chi connectivity index (χ1) is 9.61. The fourth-order valence-electron chi connectivity index (χ4n) is 2.92. The zero-order valence-electron chi connectivity index (χ0n) is 11.8. The summed E-state index contributed by atoms with van der Waals surface area (Å²) < 4.78 is 13.2. The van der Waals surface area contributed by atoms with Crippen LogP contribution in [0.1, 0.15) is 49.4 Å². The summed E-state index contributed by atoms with van der Waals surface area (Å²) in [5.74, 6) is -0.624. The molecule has 1 atom stereocenters. The van der Waals surface area contributed by atoms with Gasteiger partial charge in [-0.2, -0.15) is 0 Å². The molecule has 5 heteroatoms. The number of hydrogen-bond donors (Lipinski definition) is 1. The van der Waals surface area contributed by atoms with Crippen molar-refractivity contribution in [2.45, 2.75) is 39.0 Å². The van der Waals surface area contributed by atoms with Gasteiger partial charge in [0.15, 0.2) is 0 Å². The lowest BCUT2D eigenvalue weighted by molar-refractivity contribution is 0.0696. The maximum Gasteiger partial charge on any atom is 0.339 e. The number of carbonyl (C=O) groups is 1. The van der Waals surface area contributed by atoms with Gasteiger partial charge in [0, 0.05) is 13.1 Å². The molecule has 0 saturated carbocycles. The van der Waals surface area contributed by atoms with Crippen LogP contribution in [0.5, 0.6) is 0 Å². The van der Waals surface area contributed by atoms with Crippen molar-refractivity contribution in [1.29, 1.82) is 0 Å². The number of rotatable bonds is 4. The normalized spacial score (nSPS) is 19.7. The molecule has 0 radical (unpaired) electrons. The standard InChI is InChI=1S/C15H21FN2O2/c1-2-4-11-5-3-7-18(8-6-11)14-13(15(19)20)9-12(16)10-17-14/h9-11H,2-8H2,1H3,(H,19,20). The van der Waals surface area contributed by atoms with E-state index in [0.29, 0.717) is 11.7 Å². The Hall–Kier alpha value is -1.65. The minimum absolute atomic E-state index is 0.0426. The average Bonchev–Trinajstić information content (AvgIpc) is 2.65. The molecule has 0 amide bonds. The summed E-state index contributed by atoms with van der Waals surface area (Å²) in [5.41, 5.74) is -0.0426. The number of hydrogen-bond acceptors (Lipinski definition) is 3. The van der Waals surface area contributed by atoms with Crippen LogP contribution in [-0.4, -0.2) is 29.1 Å². The first-order valence-corrected chi connectivity index (χ1v) is 7.25. The van der Waals surface area contributed by atoms with Crippen molar-refractivity contribution < 1.29 is 14.3 Å². The zero-order chi connectivity index (χ0) is 14.5. The molecule has 2 rings (SSSR count). The van der Waals surface area contributed by atoms with E-state index in [2.05, 4.69) is 11.9 Å². The summed E-state index contributed by atoms with van der Waals surface area (Å²) in [7, 11) is 0. The van der Waals surface area contributed by atoms with Gasteiger partial charge < -0.3 is 10.0 Å². The number of nitrogens with zero attached hydrogens (tertiary/aromatic N) is 2. The van der Waals surface area contributed by atoms with Gasteiger partial charge in [0.25, 0.3) is 0 Å². The molecule has 1 aromatic heterocycles. The van der Waals surface area contributed by atoms with Gasteiger partial charge in [0.1, 0.15) is 17.2 Å². The van der Waals surface area contributed by atoms with E-state index in [1.807, 2.05) is 4.90 Å². The zero-order valence-corrected chi connectivity index (χ0v) is 11.8. The lowest BCUT2D eigenvalue weighted by Gasteiger charge is -2.23. The molecule has 1 fully saturated rings. The molecule has 1 aromatic rings. The molecule has 1 aliphatic heterocycles. The molecule has 1 aliphatic rings. The van der Waals surface area contributed by atoms with Crippen molar-refractivity contribution in [2.75, 3.05) is 18.0 Å². The van der Waals surface area contributed by atoms with Crippen LogP contribution in [-0.2, 0) is 0 Å². The number of carboxylic acid groups (broad SMARTS) is 1. The van der Waals surface area contributed by atoms with Gasteiger partial charge in [0.05, 0.1) is 6.20 Å². The van der Waals surface area contributed by atoms with E-state index in [0.717, 1.165) is 38.2 Å². The van der Waals surface area contributed by atoms with Gasteiger partial charge in [-0.1, -0.05) is 19.8 Å². The Morgan fingerprint density at radius 3 is 3.00 bits per heavy atom. The predicted octanol–water partition coefficient (Wildman–Crippen LogP) is 3.33. The van der Waals surface area contributed by atoms with E-state index in [4.69, 9.17) is 0 Å². The first-order valence-electron chi connectivity index (χ1n) is 7.25. The van der Waals surface area contributed by atoms with Gasteiger partial charge in [0.2, 0.25) is 0 Å². The molecule has 0 spiro atoms. The highest BCUT2D eigenvalue weighted by molar-refractivity contribution is 5.93. The van der Waals surface area contributed by atoms with Crippen LogP contribution in [0.15, 0.2) is 12.3 Å². The number of carboxylic acids is 1. The molecular formula is C15H21FN2O2. The quantitative estimate of drug-likeness (QED) is 0.919. The molecule has 0 aliphatic carbocycles. The SMILES string of the molecule is CCCC1CCCN(c2ncc(F)cc2C(=O)O)CC1. The van der Waals surface area contributed by atoms with Crippen LogP contribution in [0, 0.1) is 11.7 Å². The van der Waals surface area contributed by atoms with Crippen LogP contribution < -0.4 is 4.90 Å². The largest absolute Gasteiger partial charge is 0.478 e. The van der Waals surface area contributed by atoms with Gasteiger partial charge >= 0.3 is 5.97 Å². The maximum absolute atomic E-state index is 13.2. The number of aromatic carboxylic acids is 1. The predicted molar refractivity (Wildman–Crippen MR) is 75.6 cm³/mol. The lowest BCUT2D eigenvalue weighted by Crippen LogP contribution is -2.27. The summed E-state index contributed by atoms with van der Waals surface area (Å²) in [6, 6.07) is 1.05. The second kappa shape index (κ2) is 6.68. The molecule has 0 bridgehead atoms. The van der Waals surface area contributed by atoms with E-state index >= 15 is 0 Å². The minimum Gasteiger partial charge on any atom is -0.478 e. The smallest absolute Gasteiger partial charge is 0.339 e. The highest BCUT2D eigenvalue weighted by atomic mass is 19.1. The molecule has 110 valence electrons. The Bertz CT molecular complexity index is 479. The van der Waals surface area contributed by atoms with Crippen molar-refractivity contribution in [1.82, 2.24) is 4.98 Å². The van der Waals surface area contributed by atoms with E-state index in [1.165, 1.54) is 19.3 Å². The molecule has 1 unspecified atom stereocenters. The van der Waals surface area contributed by atoms with Crippen LogP contribution in [0.2, 0.25) is 0 Å². The second-order valence-corrected chi connectivity index (χ2v) is 5.40. The van der Waals surface area contributed by atoms with Crippen LogP contribution in [0.25, 0.3) is 0 Å². The Labute approximate surface area is 118 Å². The third-order valence-corrected chi connectivity index (χ3v) is 3.91.